The Balaban J connectivity index is 1.74. The van der Waals surface area contributed by atoms with Crippen LogP contribution in [0.5, 0.6) is 5.75 Å². The van der Waals surface area contributed by atoms with Crippen molar-refractivity contribution < 1.29 is 5.11 Å². The van der Waals surface area contributed by atoms with Gasteiger partial charge in [-0.1, -0.05) is 12.5 Å². The maximum atomic E-state index is 10.0. The van der Waals surface area contributed by atoms with Gasteiger partial charge < -0.3 is 10.4 Å². The molecule has 1 aromatic heterocycles. The molecule has 0 bridgehead atoms. The maximum Gasteiger partial charge on any atom is 0.116 e. The van der Waals surface area contributed by atoms with Crippen LogP contribution in [0.4, 0.5) is 0 Å². The predicted molar refractivity (Wildman–Crippen MR) is 90.0 cm³/mol. The van der Waals surface area contributed by atoms with E-state index in [2.05, 4.69) is 16.4 Å². The van der Waals surface area contributed by atoms with E-state index in [-0.39, 0.29) is 0 Å². The highest BCUT2D eigenvalue weighted by atomic mass is 16.3. The number of hydrogen-bond donors (Lipinski definition) is 2. The number of nitrogens with one attached hydrogen (secondary N) is 1. The highest BCUT2D eigenvalue weighted by molar-refractivity contribution is 5.62. The van der Waals surface area contributed by atoms with E-state index in [1.54, 1.807) is 6.07 Å². The number of phenols is 1. The number of rotatable bonds is 4. The van der Waals surface area contributed by atoms with Crippen molar-refractivity contribution in [2.45, 2.75) is 45.1 Å². The van der Waals surface area contributed by atoms with Gasteiger partial charge in [-0.05, 0) is 75.0 Å². The largest absolute Gasteiger partial charge is 0.508 e. The van der Waals surface area contributed by atoms with Crippen molar-refractivity contribution in [2.24, 2.45) is 0 Å². The SMILES string of the molecule is Cc1cccc(-c2cc(O)cc(CC[C@@H]3CCCCN3)c2)n1. The summed E-state index contributed by atoms with van der Waals surface area (Å²) in [5.41, 5.74) is 4.10. The summed E-state index contributed by atoms with van der Waals surface area (Å²) in [4.78, 5) is 4.55. The van der Waals surface area contributed by atoms with Gasteiger partial charge in [-0.25, -0.2) is 0 Å². The molecule has 2 aromatic rings. The Labute approximate surface area is 132 Å². The van der Waals surface area contributed by atoms with E-state index in [1.165, 1.54) is 24.8 Å². The number of aromatic hydroxyl groups is 1. The molecule has 0 amide bonds. The normalized spacial score (nSPS) is 18.3. The molecule has 0 saturated carbocycles. The molecular weight excluding hydrogens is 272 g/mol. The Morgan fingerprint density at radius 2 is 2.14 bits per heavy atom. The van der Waals surface area contributed by atoms with Crippen LogP contribution in [0.15, 0.2) is 36.4 Å². The summed E-state index contributed by atoms with van der Waals surface area (Å²) < 4.78 is 0. The second-order valence-corrected chi connectivity index (χ2v) is 6.24. The molecule has 1 fully saturated rings. The molecule has 1 atom stereocenters. The average molecular weight is 296 g/mol. The first-order valence-electron chi connectivity index (χ1n) is 8.21. The maximum absolute atomic E-state index is 10.0. The molecule has 3 rings (SSSR count). The molecule has 3 heteroatoms. The molecular formula is C19H24N2O. The standard InChI is InChI=1S/C19H24N2O/c1-14-5-4-7-19(21-14)16-11-15(12-18(22)13-16)8-9-17-6-2-3-10-20-17/h4-5,7,11-13,17,20,22H,2-3,6,8-10H2,1H3/t17-/m0/s1. The fourth-order valence-corrected chi connectivity index (χ4v) is 3.18. The van der Waals surface area contributed by atoms with Crippen molar-refractivity contribution in [1.82, 2.24) is 10.3 Å². The molecule has 1 aliphatic rings. The molecule has 2 heterocycles. The summed E-state index contributed by atoms with van der Waals surface area (Å²) >= 11 is 0. The molecule has 1 aliphatic heterocycles. The van der Waals surface area contributed by atoms with Crippen LogP contribution >= 0.6 is 0 Å². The van der Waals surface area contributed by atoms with E-state index in [0.717, 1.165) is 36.3 Å². The van der Waals surface area contributed by atoms with E-state index in [0.29, 0.717) is 11.8 Å². The number of pyridine rings is 1. The molecule has 2 N–H and O–H groups in total. The van der Waals surface area contributed by atoms with Crippen LogP contribution < -0.4 is 5.32 Å². The van der Waals surface area contributed by atoms with Crippen LogP contribution in [0.3, 0.4) is 0 Å². The summed E-state index contributed by atoms with van der Waals surface area (Å²) in [6.45, 7) is 3.13. The Bertz CT molecular complexity index is 633. The molecule has 3 nitrogen and oxygen atoms in total. The quantitative estimate of drug-likeness (QED) is 0.901. The lowest BCUT2D eigenvalue weighted by Gasteiger charge is -2.23. The predicted octanol–water partition coefficient (Wildman–Crippen LogP) is 3.84. The second-order valence-electron chi connectivity index (χ2n) is 6.24. The van der Waals surface area contributed by atoms with Crippen LogP contribution in [0.25, 0.3) is 11.3 Å². The van der Waals surface area contributed by atoms with Crippen molar-refractivity contribution in [2.75, 3.05) is 6.54 Å². The van der Waals surface area contributed by atoms with Gasteiger partial charge in [0, 0.05) is 17.3 Å². The van der Waals surface area contributed by atoms with Gasteiger partial charge >= 0.3 is 0 Å². The average Bonchev–Trinajstić information content (AvgIpc) is 2.53. The lowest BCUT2D eigenvalue weighted by molar-refractivity contribution is 0.382. The molecule has 22 heavy (non-hydrogen) atoms. The summed E-state index contributed by atoms with van der Waals surface area (Å²) in [6, 6.07) is 12.4. The van der Waals surface area contributed by atoms with E-state index >= 15 is 0 Å². The molecule has 0 spiro atoms. The summed E-state index contributed by atoms with van der Waals surface area (Å²) in [7, 11) is 0. The molecule has 0 unspecified atom stereocenters. The third-order valence-electron chi connectivity index (χ3n) is 4.36. The van der Waals surface area contributed by atoms with Gasteiger partial charge in [-0.2, -0.15) is 0 Å². The molecule has 0 radical (unpaired) electrons. The minimum atomic E-state index is 0.326. The zero-order chi connectivity index (χ0) is 15.4. The molecule has 116 valence electrons. The zero-order valence-electron chi connectivity index (χ0n) is 13.2. The van der Waals surface area contributed by atoms with Gasteiger partial charge in [-0.15, -0.1) is 0 Å². The zero-order valence-corrected chi connectivity index (χ0v) is 13.2. The molecule has 1 aromatic carbocycles. The number of hydrogen-bond acceptors (Lipinski definition) is 3. The van der Waals surface area contributed by atoms with E-state index in [1.807, 2.05) is 31.2 Å². The monoisotopic (exact) mass is 296 g/mol. The van der Waals surface area contributed by atoms with E-state index in [9.17, 15) is 5.11 Å². The van der Waals surface area contributed by atoms with Crippen LogP contribution in [-0.4, -0.2) is 22.7 Å². The van der Waals surface area contributed by atoms with Gasteiger partial charge in [0.15, 0.2) is 0 Å². The number of aryl methyl sites for hydroxylation is 2. The van der Waals surface area contributed by atoms with Crippen LogP contribution in [0.2, 0.25) is 0 Å². The third-order valence-corrected chi connectivity index (χ3v) is 4.36. The summed E-state index contributed by atoms with van der Waals surface area (Å²) in [6.07, 6.45) is 6.02. The molecule has 0 aliphatic carbocycles. The van der Waals surface area contributed by atoms with Crippen LogP contribution in [-0.2, 0) is 6.42 Å². The van der Waals surface area contributed by atoms with Crippen molar-refractivity contribution in [3.63, 3.8) is 0 Å². The first kappa shape index (κ1) is 15.0. The Hall–Kier alpha value is -1.87. The number of nitrogens with zero attached hydrogens (tertiary/aromatic N) is 1. The van der Waals surface area contributed by atoms with Crippen LogP contribution in [0.1, 0.15) is 36.9 Å². The minimum absolute atomic E-state index is 0.326. The van der Waals surface area contributed by atoms with Gasteiger partial charge in [0.1, 0.15) is 5.75 Å². The Kier molecular flexibility index (Phi) is 4.74. The van der Waals surface area contributed by atoms with Gasteiger partial charge in [0.2, 0.25) is 0 Å². The van der Waals surface area contributed by atoms with Crippen molar-refractivity contribution in [3.8, 4) is 17.0 Å². The lowest BCUT2D eigenvalue weighted by Crippen LogP contribution is -2.34. The number of piperidine rings is 1. The van der Waals surface area contributed by atoms with Gasteiger partial charge in [0.25, 0.3) is 0 Å². The highest BCUT2D eigenvalue weighted by Crippen LogP contribution is 2.25. The fourth-order valence-electron chi connectivity index (χ4n) is 3.18. The third kappa shape index (κ3) is 3.86. The van der Waals surface area contributed by atoms with E-state index in [4.69, 9.17) is 0 Å². The number of aromatic nitrogens is 1. The van der Waals surface area contributed by atoms with E-state index < -0.39 is 0 Å². The van der Waals surface area contributed by atoms with Gasteiger partial charge in [0.05, 0.1) is 5.69 Å². The lowest BCUT2D eigenvalue weighted by atomic mass is 9.96. The summed E-state index contributed by atoms with van der Waals surface area (Å²) in [5, 5.41) is 13.6. The minimum Gasteiger partial charge on any atom is -0.508 e. The first-order chi connectivity index (χ1) is 10.7. The smallest absolute Gasteiger partial charge is 0.116 e. The highest BCUT2D eigenvalue weighted by Gasteiger charge is 2.13. The summed E-state index contributed by atoms with van der Waals surface area (Å²) in [5.74, 6) is 0.326. The van der Waals surface area contributed by atoms with Gasteiger partial charge in [-0.3, -0.25) is 4.98 Å². The Morgan fingerprint density at radius 1 is 1.23 bits per heavy atom. The first-order valence-corrected chi connectivity index (χ1v) is 8.21. The van der Waals surface area contributed by atoms with Crippen LogP contribution in [0, 0.1) is 6.92 Å². The molecule has 1 saturated heterocycles. The van der Waals surface area contributed by atoms with Crippen molar-refractivity contribution in [3.05, 3.63) is 47.7 Å². The fraction of sp³-hybridized carbons (Fsp3) is 0.421. The second kappa shape index (κ2) is 6.93. The topological polar surface area (TPSA) is 45.1 Å². The van der Waals surface area contributed by atoms with Crippen molar-refractivity contribution >= 4 is 0 Å². The number of phenolic OH excluding ortho intramolecular Hbond substituents is 1. The Morgan fingerprint density at radius 3 is 2.91 bits per heavy atom. The number of benzene rings is 1. The van der Waals surface area contributed by atoms with Crippen molar-refractivity contribution in [1.29, 1.82) is 0 Å².